The number of hydrogen-bond acceptors (Lipinski definition) is 3. The topological polar surface area (TPSA) is 66.2 Å². The van der Waals surface area contributed by atoms with Gasteiger partial charge >= 0.3 is 51.9 Å². The van der Waals surface area contributed by atoms with E-state index in [-0.39, 0.29) is 60.4 Å². The minimum atomic E-state index is -1.75. The summed E-state index contributed by atoms with van der Waals surface area (Å²) < 4.78 is 0. The van der Waals surface area contributed by atoms with Gasteiger partial charge in [-0.05, 0) is 0 Å². The fraction of sp³-hybridized carbons (Fsp3) is 0. The summed E-state index contributed by atoms with van der Waals surface area (Å²) in [5.74, 6) is 0. The third kappa shape index (κ3) is 174. The van der Waals surface area contributed by atoms with Crippen LogP contribution in [0.4, 0.5) is 0 Å². The third-order valence-corrected chi connectivity index (χ3v) is 0. The first-order valence-electron chi connectivity index (χ1n) is 0.548. The molecule has 7 heteroatoms. The number of rotatable bonds is 0. The summed E-state index contributed by atoms with van der Waals surface area (Å²) in [6.45, 7) is 0. The Morgan fingerprint density at radius 1 is 1.29 bits per heavy atom. The average molecular weight is 208 g/mol. The predicted octanol–water partition coefficient (Wildman–Crippen LogP) is -4.69. The SMILES string of the molecule is O=[N+]([O-])[O-].[Ag+].[BH4-].[Na+]. The molecule has 4 nitrogen and oxygen atoms in total. The molecule has 0 saturated heterocycles. The first kappa shape index (κ1) is 24.5. The molecular weight excluding hydrogens is 204 g/mol. The van der Waals surface area contributed by atoms with Gasteiger partial charge in [0, 0.05) is 0 Å². The van der Waals surface area contributed by atoms with Gasteiger partial charge in [0.25, 0.3) is 0 Å². The standard InChI is InChI=1S/Ag.BH4.NO3.Na/c;;2-1(3)4;/h;1H4;;/q+1;2*-1;+1. The van der Waals surface area contributed by atoms with Crippen LogP contribution >= 0.6 is 0 Å². The molecule has 0 fully saturated rings. The van der Waals surface area contributed by atoms with Crippen LogP contribution in [0.5, 0.6) is 0 Å². The smallest absolute Gasteiger partial charge is 0.356 e. The van der Waals surface area contributed by atoms with Gasteiger partial charge in [-0.3, -0.25) is 0 Å². The van der Waals surface area contributed by atoms with Crippen LogP contribution < -0.4 is 29.6 Å². The van der Waals surface area contributed by atoms with E-state index in [4.69, 9.17) is 15.3 Å². The second-order valence-electron chi connectivity index (χ2n) is 0.224. The van der Waals surface area contributed by atoms with E-state index in [0.717, 1.165) is 0 Å². The van der Waals surface area contributed by atoms with Gasteiger partial charge in [0.1, 0.15) is 0 Å². The van der Waals surface area contributed by atoms with Crippen molar-refractivity contribution in [1.29, 1.82) is 0 Å². The Balaban J connectivity index is -0.0000000150. The number of hydrogen-bond donors (Lipinski definition) is 0. The van der Waals surface area contributed by atoms with E-state index in [9.17, 15) is 0 Å². The molecule has 0 aliphatic heterocycles. The van der Waals surface area contributed by atoms with Gasteiger partial charge < -0.3 is 15.3 Å². The molecule has 0 heterocycles. The summed E-state index contributed by atoms with van der Waals surface area (Å²) >= 11 is 0. The molecular formula is H4AgBNNaO3. The second-order valence-corrected chi connectivity index (χ2v) is 0.224. The zero-order chi connectivity index (χ0) is 3.58. The van der Waals surface area contributed by atoms with E-state index in [1.54, 1.807) is 0 Å². The predicted molar refractivity (Wildman–Crippen MR) is 21.7 cm³/mol. The minimum absolute atomic E-state index is 0. The molecule has 0 aliphatic carbocycles. The summed E-state index contributed by atoms with van der Waals surface area (Å²) in [6, 6.07) is 0. The Morgan fingerprint density at radius 3 is 1.29 bits per heavy atom. The van der Waals surface area contributed by atoms with Gasteiger partial charge in [0.2, 0.25) is 0 Å². The summed E-state index contributed by atoms with van der Waals surface area (Å²) in [5.41, 5.74) is 0. The normalized spacial score (nSPS) is 3.43. The van der Waals surface area contributed by atoms with E-state index in [1.165, 1.54) is 0 Å². The molecule has 0 bridgehead atoms. The van der Waals surface area contributed by atoms with Gasteiger partial charge in [0.15, 0.2) is 0 Å². The molecule has 0 atom stereocenters. The maximum absolute atomic E-state index is 8.25. The van der Waals surface area contributed by atoms with Gasteiger partial charge in [-0.2, -0.15) is 0 Å². The molecule has 0 spiro atoms. The molecule has 0 aromatic heterocycles. The van der Waals surface area contributed by atoms with Crippen molar-refractivity contribution in [2.45, 2.75) is 0 Å². The first-order valence-corrected chi connectivity index (χ1v) is 0.548. The molecule has 42 valence electrons. The quantitative estimate of drug-likeness (QED) is 0.228. The fourth-order valence-corrected chi connectivity index (χ4v) is 0. The Bertz CT molecular complexity index is 37.9. The van der Waals surface area contributed by atoms with Crippen molar-refractivity contribution >= 4 is 8.41 Å². The van der Waals surface area contributed by atoms with Crippen LogP contribution in [0.1, 0.15) is 0 Å². The monoisotopic (exact) mass is 207 g/mol. The van der Waals surface area contributed by atoms with Crippen molar-refractivity contribution in [2.24, 2.45) is 0 Å². The molecule has 0 radical (unpaired) electrons. The summed E-state index contributed by atoms with van der Waals surface area (Å²) in [7, 11) is 0. The van der Waals surface area contributed by atoms with Crippen molar-refractivity contribution in [3.63, 3.8) is 0 Å². The number of nitrogens with zero attached hydrogens (tertiary/aromatic N) is 1. The van der Waals surface area contributed by atoms with Crippen LogP contribution in [0.3, 0.4) is 0 Å². The molecule has 0 unspecified atom stereocenters. The second kappa shape index (κ2) is 15.7. The third-order valence-electron chi connectivity index (χ3n) is 0. The summed E-state index contributed by atoms with van der Waals surface area (Å²) in [5, 5.41) is 14.8. The van der Waals surface area contributed by atoms with Gasteiger partial charge in [-0.15, -0.1) is 0 Å². The van der Waals surface area contributed by atoms with Crippen molar-refractivity contribution in [1.82, 2.24) is 0 Å². The Morgan fingerprint density at radius 2 is 1.29 bits per heavy atom. The van der Waals surface area contributed by atoms with E-state index >= 15 is 0 Å². The van der Waals surface area contributed by atoms with Crippen LogP contribution in [0.25, 0.3) is 0 Å². The largest absolute Gasteiger partial charge is 1.00 e. The van der Waals surface area contributed by atoms with Crippen LogP contribution in [-0.2, 0) is 22.4 Å². The zero-order valence-corrected chi connectivity index (χ0v) is 6.46. The van der Waals surface area contributed by atoms with Crippen LogP contribution in [0, 0.1) is 15.3 Å². The fourth-order valence-electron chi connectivity index (χ4n) is 0. The Hall–Kier alpha value is 1.01. The molecule has 0 rings (SSSR count). The molecule has 0 saturated carbocycles. The Labute approximate surface area is 80.1 Å². The first-order chi connectivity index (χ1) is 1.73. The van der Waals surface area contributed by atoms with Crippen molar-refractivity contribution < 1.29 is 57.0 Å². The zero-order valence-electron chi connectivity index (χ0n) is 2.97. The molecule has 0 aromatic carbocycles. The molecule has 7 heavy (non-hydrogen) atoms. The maximum Gasteiger partial charge on any atom is 1.00 e. The van der Waals surface area contributed by atoms with Crippen LogP contribution in [0.15, 0.2) is 0 Å². The van der Waals surface area contributed by atoms with Gasteiger partial charge in [-0.25, -0.2) is 0 Å². The van der Waals surface area contributed by atoms with E-state index in [1.807, 2.05) is 0 Å². The van der Waals surface area contributed by atoms with Gasteiger partial charge in [-0.1, -0.05) is 8.41 Å². The summed E-state index contributed by atoms with van der Waals surface area (Å²) in [6.07, 6.45) is 0. The van der Waals surface area contributed by atoms with Crippen molar-refractivity contribution in [3.8, 4) is 0 Å². The molecule has 0 aromatic rings. The van der Waals surface area contributed by atoms with Crippen LogP contribution in [-0.4, -0.2) is 13.5 Å². The molecule has 0 aliphatic rings. The average Bonchev–Trinajstić information content (AvgIpc) is 0.811. The molecule has 0 amide bonds. The molecule has 0 N–H and O–H groups in total. The van der Waals surface area contributed by atoms with Crippen LogP contribution in [0.2, 0.25) is 0 Å². The van der Waals surface area contributed by atoms with Crippen molar-refractivity contribution in [2.75, 3.05) is 0 Å². The van der Waals surface area contributed by atoms with E-state index in [2.05, 4.69) is 0 Å². The minimum Gasteiger partial charge on any atom is -0.356 e. The Kier molecular flexibility index (Phi) is 55.1. The van der Waals surface area contributed by atoms with E-state index in [0.29, 0.717) is 0 Å². The summed E-state index contributed by atoms with van der Waals surface area (Å²) in [4.78, 5) is 8.25. The van der Waals surface area contributed by atoms with E-state index < -0.39 is 5.09 Å². The van der Waals surface area contributed by atoms with Gasteiger partial charge in [0.05, 0.1) is 5.09 Å². The maximum atomic E-state index is 8.25. The van der Waals surface area contributed by atoms with Crippen molar-refractivity contribution in [3.05, 3.63) is 15.3 Å².